The molecule has 9 heteroatoms. The average molecular weight is 431 g/mol. The number of anilines is 1. The number of nitrogens with zero attached hydrogens (tertiary/aromatic N) is 3. The van der Waals surface area contributed by atoms with Crippen molar-refractivity contribution >= 4 is 22.6 Å². The van der Waals surface area contributed by atoms with Crippen LogP contribution >= 0.6 is 0 Å². The summed E-state index contributed by atoms with van der Waals surface area (Å²) in [4.78, 5) is 36.2. The van der Waals surface area contributed by atoms with Crippen LogP contribution in [0.3, 0.4) is 0 Å². The maximum atomic E-state index is 12.6. The number of likely N-dealkylation sites (tertiary alicyclic amines) is 1. The summed E-state index contributed by atoms with van der Waals surface area (Å²) in [5.74, 6) is -0.0850. The number of β-amino-alcohol motifs (C(OH)–C–C–N with tert-alkyl or cyclic N) is 1. The van der Waals surface area contributed by atoms with Crippen LogP contribution in [0, 0.1) is 0 Å². The van der Waals surface area contributed by atoms with Crippen LogP contribution in [0.5, 0.6) is 0 Å². The zero-order chi connectivity index (χ0) is 21.8. The monoisotopic (exact) mass is 430 g/mol. The number of aromatic amines is 2. The third kappa shape index (κ3) is 5.94. The number of fused-ring (bicyclic) bond motifs is 1. The topological polar surface area (TPSA) is 108 Å². The number of rotatable bonds is 5. The lowest BCUT2D eigenvalue weighted by atomic mass is 9.94. The second-order valence-corrected chi connectivity index (χ2v) is 9.17. The molecule has 0 bridgehead atoms. The van der Waals surface area contributed by atoms with E-state index in [-0.39, 0.29) is 11.6 Å². The number of benzene rings is 1. The normalized spacial score (nSPS) is 24.7. The molecule has 0 unspecified atom stereocenters. The van der Waals surface area contributed by atoms with Crippen LogP contribution < -0.4 is 11.0 Å². The molecule has 0 aliphatic carbocycles. The zero-order valence-electron chi connectivity index (χ0n) is 18.3. The van der Waals surface area contributed by atoms with Gasteiger partial charge in [0.25, 0.3) is 0 Å². The number of hydrogen-bond acceptors (Lipinski definition) is 6. The summed E-state index contributed by atoms with van der Waals surface area (Å²) in [5, 5.41) is 14.2. The summed E-state index contributed by atoms with van der Waals surface area (Å²) in [7, 11) is 2.16. The van der Waals surface area contributed by atoms with Gasteiger partial charge in [0.2, 0.25) is 5.91 Å². The Kier molecular flexibility index (Phi) is 6.76. The molecule has 2 fully saturated rings. The van der Waals surface area contributed by atoms with E-state index in [0.29, 0.717) is 36.2 Å². The second-order valence-electron chi connectivity index (χ2n) is 9.17. The lowest BCUT2D eigenvalue weighted by molar-refractivity contribution is -0.117. The van der Waals surface area contributed by atoms with Crippen molar-refractivity contribution in [2.45, 2.75) is 31.3 Å². The number of imidazole rings is 1. The number of aromatic nitrogens is 2. The summed E-state index contributed by atoms with van der Waals surface area (Å²) in [6.07, 6.45) is 3.48. The number of H-pyrrole nitrogens is 2. The van der Waals surface area contributed by atoms with Gasteiger partial charge in [-0.05, 0) is 70.6 Å². The Bertz CT molecular complexity index is 956. The zero-order valence-corrected chi connectivity index (χ0v) is 18.3. The smallest absolute Gasteiger partial charge is 0.323 e. The van der Waals surface area contributed by atoms with Crippen molar-refractivity contribution in [1.29, 1.82) is 0 Å². The second kappa shape index (κ2) is 9.52. The summed E-state index contributed by atoms with van der Waals surface area (Å²) >= 11 is 0. The van der Waals surface area contributed by atoms with Gasteiger partial charge >= 0.3 is 5.69 Å². The first-order valence-corrected chi connectivity index (χ1v) is 11.3. The van der Waals surface area contributed by atoms with Crippen LogP contribution in [0.1, 0.15) is 25.7 Å². The molecule has 2 saturated heterocycles. The van der Waals surface area contributed by atoms with Gasteiger partial charge in [-0.25, -0.2) is 4.79 Å². The van der Waals surface area contributed by atoms with Crippen LogP contribution in [0.4, 0.5) is 5.69 Å². The highest BCUT2D eigenvalue weighted by Crippen LogP contribution is 2.24. The molecule has 31 heavy (non-hydrogen) atoms. The molecule has 4 N–H and O–H groups in total. The molecule has 1 aromatic heterocycles. The lowest BCUT2D eigenvalue weighted by Crippen LogP contribution is -2.45. The van der Waals surface area contributed by atoms with Gasteiger partial charge in [-0.3, -0.25) is 14.6 Å². The fraction of sp³-hybridized carbons (Fsp3) is 0.636. The van der Waals surface area contributed by atoms with Gasteiger partial charge in [0.1, 0.15) is 0 Å². The minimum atomic E-state index is -0.681. The van der Waals surface area contributed by atoms with Gasteiger partial charge in [0.05, 0.1) is 23.2 Å². The predicted molar refractivity (Wildman–Crippen MR) is 121 cm³/mol. The standard InChI is InChI=1S/C22H34N6O3/c1-26-8-3-10-28(13-12-26)16-22(31)6-2-9-27(11-7-22)15-20(29)23-17-4-5-18-19(14-17)25-21(30)24-18/h4-5,14,31H,2-3,6-13,15-16H2,1H3,(H,23,29)(H2,24,25,30)/t22-/m0/s1. The Morgan fingerprint density at radius 3 is 2.71 bits per heavy atom. The quantitative estimate of drug-likeness (QED) is 0.555. The van der Waals surface area contributed by atoms with Gasteiger partial charge in [0, 0.05) is 31.9 Å². The van der Waals surface area contributed by atoms with E-state index in [2.05, 4.69) is 37.0 Å². The molecule has 2 aromatic rings. The summed E-state index contributed by atoms with van der Waals surface area (Å²) < 4.78 is 0. The number of hydrogen-bond donors (Lipinski definition) is 4. The van der Waals surface area contributed by atoms with E-state index < -0.39 is 5.60 Å². The van der Waals surface area contributed by atoms with E-state index in [1.165, 1.54) is 0 Å². The Hall–Kier alpha value is -2.20. The van der Waals surface area contributed by atoms with Crippen LogP contribution in [0.15, 0.2) is 23.0 Å². The number of amides is 1. The summed E-state index contributed by atoms with van der Waals surface area (Å²) in [6.45, 7) is 6.74. The minimum absolute atomic E-state index is 0.0850. The van der Waals surface area contributed by atoms with Crippen LogP contribution in [-0.4, -0.2) is 101 Å². The van der Waals surface area contributed by atoms with Crippen molar-refractivity contribution in [1.82, 2.24) is 24.7 Å². The van der Waals surface area contributed by atoms with Crippen molar-refractivity contribution in [2.75, 3.05) is 64.7 Å². The number of carbonyl (C=O) groups is 1. The fourth-order valence-corrected chi connectivity index (χ4v) is 4.74. The lowest BCUT2D eigenvalue weighted by Gasteiger charge is -2.33. The van der Waals surface area contributed by atoms with Gasteiger partial charge in [-0.2, -0.15) is 0 Å². The molecule has 2 aliphatic rings. The highest BCUT2D eigenvalue weighted by Gasteiger charge is 2.33. The minimum Gasteiger partial charge on any atom is -0.389 e. The van der Waals surface area contributed by atoms with Crippen LogP contribution in [-0.2, 0) is 4.79 Å². The van der Waals surface area contributed by atoms with E-state index in [9.17, 15) is 14.7 Å². The van der Waals surface area contributed by atoms with Crippen LogP contribution in [0.2, 0.25) is 0 Å². The molecule has 0 radical (unpaired) electrons. The van der Waals surface area contributed by atoms with E-state index in [0.717, 1.165) is 58.5 Å². The molecule has 9 nitrogen and oxygen atoms in total. The van der Waals surface area contributed by atoms with E-state index >= 15 is 0 Å². The molecule has 1 aromatic carbocycles. The number of carbonyl (C=O) groups excluding carboxylic acids is 1. The van der Waals surface area contributed by atoms with E-state index in [4.69, 9.17) is 0 Å². The van der Waals surface area contributed by atoms with Crippen molar-refractivity contribution in [3.8, 4) is 0 Å². The highest BCUT2D eigenvalue weighted by molar-refractivity contribution is 5.94. The first kappa shape index (κ1) is 22.0. The van der Waals surface area contributed by atoms with Gasteiger partial charge in [-0.15, -0.1) is 0 Å². The van der Waals surface area contributed by atoms with Gasteiger partial charge < -0.3 is 25.3 Å². The van der Waals surface area contributed by atoms with Crippen molar-refractivity contribution in [2.24, 2.45) is 0 Å². The molecule has 3 heterocycles. The van der Waals surface area contributed by atoms with E-state index in [1.807, 2.05) is 0 Å². The molecule has 0 saturated carbocycles. The predicted octanol–water partition coefficient (Wildman–Crippen LogP) is 0.649. The first-order valence-electron chi connectivity index (χ1n) is 11.3. The van der Waals surface area contributed by atoms with Gasteiger partial charge in [0.15, 0.2) is 0 Å². The molecule has 1 amide bonds. The molecule has 2 aliphatic heterocycles. The Labute approximate surface area is 182 Å². The number of aliphatic hydroxyl groups is 1. The third-order valence-electron chi connectivity index (χ3n) is 6.51. The van der Waals surface area contributed by atoms with E-state index in [1.54, 1.807) is 18.2 Å². The molecule has 1 atom stereocenters. The first-order chi connectivity index (χ1) is 14.9. The average Bonchev–Trinajstić information content (AvgIpc) is 2.83. The van der Waals surface area contributed by atoms with Crippen molar-refractivity contribution < 1.29 is 9.90 Å². The molecule has 170 valence electrons. The van der Waals surface area contributed by atoms with Crippen LogP contribution in [0.25, 0.3) is 11.0 Å². The maximum Gasteiger partial charge on any atom is 0.323 e. The molecule has 4 rings (SSSR count). The van der Waals surface area contributed by atoms with Crippen molar-refractivity contribution in [3.05, 3.63) is 28.7 Å². The molecular weight excluding hydrogens is 396 g/mol. The van der Waals surface area contributed by atoms with Crippen molar-refractivity contribution in [3.63, 3.8) is 0 Å². The molecule has 0 spiro atoms. The maximum absolute atomic E-state index is 12.6. The third-order valence-corrected chi connectivity index (χ3v) is 6.51. The Balaban J connectivity index is 1.28. The summed E-state index contributed by atoms with van der Waals surface area (Å²) in [5.41, 5.74) is 1.10. The Morgan fingerprint density at radius 1 is 1.03 bits per heavy atom. The highest BCUT2D eigenvalue weighted by atomic mass is 16.3. The Morgan fingerprint density at radius 2 is 1.84 bits per heavy atom. The number of likely N-dealkylation sites (N-methyl/N-ethyl adjacent to an activating group) is 1. The fourth-order valence-electron chi connectivity index (χ4n) is 4.74. The summed E-state index contributed by atoms with van der Waals surface area (Å²) in [6, 6.07) is 5.31. The number of nitrogens with one attached hydrogen (secondary N) is 3. The SMILES string of the molecule is CN1CCCN(C[C@]2(O)CCCN(CC(=O)Nc3ccc4[nH]c(=O)[nH]c4c3)CC2)CC1. The largest absolute Gasteiger partial charge is 0.389 e. The molecular formula is C22H34N6O3. The van der Waals surface area contributed by atoms with Gasteiger partial charge in [-0.1, -0.05) is 0 Å².